The van der Waals surface area contributed by atoms with Crippen LogP contribution in [0.4, 0.5) is 0 Å². The molecule has 4 nitrogen and oxygen atoms in total. The second-order valence-corrected chi connectivity index (χ2v) is 6.17. The molecule has 1 atom stereocenters. The highest BCUT2D eigenvalue weighted by Gasteiger charge is 2.26. The Bertz CT molecular complexity index is 497. The van der Waals surface area contributed by atoms with Gasteiger partial charge in [0.05, 0.1) is 26.9 Å². The Hall–Kier alpha value is -1.26. The number of benzene rings is 1. The number of hydrogen-bond donors (Lipinski definition) is 0. The maximum atomic E-state index is 6.05. The third-order valence-corrected chi connectivity index (χ3v) is 4.86. The highest BCUT2D eigenvalue weighted by atomic mass is 16.5. The van der Waals surface area contributed by atoms with Crippen molar-refractivity contribution in [3.05, 3.63) is 23.3 Å². The summed E-state index contributed by atoms with van der Waals surface area (Å²) in [5.41, 5.74) is 2.54. The Labute approximate surface area is 133 Å². The fourth-order valence-corrected chi connectivity index (χ4v) is 3.68. The molecule has 0 radical (unpaired) electrons. The average Bonchev–Trinajstić information content (AvgIpc) is 2.59. The number of rotatable bonds is 5. The molecule has 4 heteroatoms. The molecule has 0 bridgehead atoms. The van der Waals surface area contributed by atoms with Crippen LogP contribution in [0.5, 0.6) is 11.5 Å². The number of fused-ring (bicyclic) bond motifs is 1. The summed E-state index contributed by atoms with van der Waals surface area (Å²) in [7, 11) is 3.41. The number of nitrogens with zero attached hydrogens (tertiary/aromatic N) is 1. The molecule has 0 N–H and O–H groups in total. The lowest BCUT2D eigenvalue weighted by molar-refractivity contribution is 0.0272. The van der Waals surface area contributed by atoms with Gasteiger partial charge in [0, 0.05) is 12.1 Å². The fraction of sp³-hybridized carbons (Fsp3) is 0.667. The molecule has 122 valence electrons. The lowest BCUT2D eigenvalue weighted by atomic mass is 9.94. The molecular formula is C18H27NO3. The summed E-state index contributed by atoms with van der Waals surface area (Å²) in [6, 6.07) is 4.15. The van der Waals surface area contributed by atoms with Gasteiger partial charge in [0.25, 0.3) is 0 Å². The van der Waals surface area contributed by atoms with E-state index in [1.54, 1.807) is 14.2 Å². The molecule has 1 saturated heterocycles. The molecule has 1 aromatic rings. The number of ether oxygens (including phenoxy) is 3. The van der Waals surface area contributed by atoms with Crippen LogP contribution in [-0.4, -0.2) is 45.4 Å². The molecule has 2 heterocycles. The van der Waals surface area contributed by atoms with Crippen LogP contribution in [0, 0.1) is 0 Å². The van der Waals surface area contributed by atoms with E-state index >= 15 is 0 Å². The van der Waals surface area contributed by atoms with Crippen LogP contribution in [0.2, 0.25) is 0 Å². The predicted octanol–water partition coefficient (Wildman–Crippen LogP) is 3.19. The van der Waals surface area contributed by atoms with Crippen LogP contribution >= 0.6 is 0 Å². The van der Waals surface area contributed by atoms with E-state index in [4.69, 9.17) is 14.2 Å². The zero-order valence-electron chi connectivity index (χ0n) is 13.8. The molecule has 2 aliphatic rings. The van der Waals surface area contributed by atoms with Gasteiger partial charge in [-0.2, -0.15) is 0 Å². The zero-order chi connectivity index (χ0) is 15.4. The monoisotopic (exact) mass is 305 g/mol. The van der Waals surface area contributed by atoms with Crippen LogP contribution in [0.1, 0.15) is 42.9 Å². The van der Waals surface area contributed by atoms with Crippen LogP contribution in [-0.2, 0) is 11.2 Å². The lowest BCUT2D eigenvalue weighted by Crippen LogP contribution is -2.32. The Balaban J connectivity index is 1.73. The first kappa shape index (κ1) is 15.6. The first-order chi connectivity index (χ1) is 10.8. The molecular weight excluding hydrogens is 278 g/mol. The number of methoxy groups -OCH3 is 2. The Morgan fingerprint density at radius 2 is 1.95 bits per heavy atom. The first-order valence-electron chi connectivity index (χ1n) is 8.41. The second kappa shape index (κ2) is 7.34. The molecule has 1 aromatic carbocycles. The summed E-state index contributed by atoms with van der Waals surface area (Å²) in [6.45, 7) is 4.37. The van der Waals surface area contributed by atoms with E-state index in [0.29, 0.717) is 0 Å². The van der Waals surface area contributed by atoms with E-state index in [-0.39, 0.29) is 6.10 Å². The van der Waals surface area contributed by atoms with Gasteiger partial charge in [-0.25, -0.2) is 0 Å². The molecule has 22 heavy (non-hydrogen) atoms. The van der Waals surface area contributed by atoms with E-state index in [9.17, 15) is 0 Å². The van der Waals surface area contributed by atoms with E-state index in [2.05, 4.69) is 11.0 Å². The highest BCUT2D eigenvalue weighted by molar-refractivity contribution is 5.52. The summed E-state index contributed by atoms with van der Waals surface area (Å²) in [4.78, 5) is 2.57. The predicted molar refractivity (Wildman–Crippen MR) is 86.9 cm³/mol. The minimum Gasteiger partial charge on any atom is -0.493 e. The van der Waals surface area contributed by atoms with Crippen LogP contribution in [0.3, 0.4) is 0 Å². The van der Waals surface area contributed by atoms with Crippen molar-refractivity contribution in [3.8, 4) is 11.5 Å². The molecule has 3 rings (SSSR count). The van der Waals surface area contributed by atoms with E-state index in [1.807, 2.05) is 6.07 Å². The van der Waals surface area contributed by atoms with E-state index in [0.717, 1.165) is 37.5 Å². The maximum absolute atomic E-state index is 6.05. The van der Waals surface area contributed by atoms with Gasteiger partial charge in [-0.05, 0) is 50.4 Å². The lowest BCUT2D eigenvalue weighted by Gasteiger charge is -2.31. The van der Waals surface area contributed by atoms with Gasteiger partial charge in [0.2, 0.25) is 0 Å². The van der Waals surface area contributed by atoms with Crippen molar-refractivity contribution in [2.24, 2.45) is 0 Å². The average molecular weight is 305 g/mol. The normalized spacial score (nSPS) is 22.2. The summed E-state index contributed by atoms with van der Waals surface area (Å²) in [6.07, 6.45) is 6.21. The van der Waals surface area contributed by atoms with Gasteiger partial charge >= 0.3 is 0 Å². The molecule has 0 aliphatic carbocycles. The van der Waals surface area contributed by atoms with Gasteiger partial charge in [-0.1, -0.05) is 12.5 Å². The fourth-order valence-electron chi connectivity index (χ4n) is 3.68. The largest absolute Gasteiger partial charge is 0.493 e. The highest BCUT2D eigenvalue weighted by Crippen LogP contribution is 2.40. The van der Waals surface area contributed by atoms with E-state index in [1.165, 1.54) is 43.5 Å². The van der Waals surface area contributed by atoms with Gasteiger partial charge in [0.1, 0.15) is 0 Å². The van der Waals surface area contributed by atoms with E-state index < -0.39 is 0 Å². The van der Waals surface area contributed by atoms with Crippen molar-refractivity contribution in [2.45, 2.75) is 38.2 Å². The third kappa shape index (κ3) is 3.23. The SMILES string of the molecule is COc1ccc2c(c1OC)CCOC2CCN1CCCCC1. The summed E-state index contributed by atoms with van der Waals surface area (Å²) in [5.74, 6) is 1.70. The molecule has 1 unspecified atom stereocenters. The molecule has 0 amide bonds. The van der Waals surface area contributed by atoms with Gasteiger partial charge in [-0.15, -0.1) is 0 Å². The standard InChI is InChI=1S/C18H27NO3/c1-20-17-7-6-14-15(18(17)21-2)9-13-22-16(14)8-12-19-10-4-3-5-11-19/h6-7,16H,3-5,8-13H2,1-2H3. The number of piperidine rings is 1. The van der Waals surface area contributed by atoms with Crippen molar-refractivity contribution in [1.82, 2.24) is 4.90 Å². The minimum atomic E-state index is 0.186. The molecule has 0 spiro atoms. The van der Waals surface area contributed by atoms with Crippen LogP contribution < -0.4 is 9.47 Å². The van der Waals surface area contributed by atoms with Crippen LogP contribution in [0.25, 0.3) is 0 Å². The summed E-state index contributed by atoms with van der Waals surface area (Å²) in [5, 5.41) is 0. The molecule has 0 aromatic heterocycles. The van der Waals surface area contributed by atoms with Crippen LogP contribution in [0.15, 0.2) is 12.1 Å². The molecule has 1 fully saturated rings. The van der Waals surface area contributed by atoms with Crippen molar-refractivity contribution < 1.29 is 14.2 Å². The zero-order valence-corrected chi connectivity index (χ0v) is 13.8. The van der Waals surface area contributed by atoms with Crippen molar-refractivity contribution in [3.63, 3.8) is 0 Å². The Kier molecular flexibility index (Phi) is 5.21. The number of hydrogen-bond acceptors (Lipinski definition) is 4. The van der Waals surface area contributed by atoms with Crippen molar-refractivity contribution >= 4 is 0 Å². The quantitative estimate of drug-likeness (QED) is 0.836. The topological polar surface area (TPSA) is 30.9 Å². The minimum absolute atomic E-state index is 0.186. The van der Waals surface area contributed by atoms with Crippen molar-refractivity contribution in [1.29, 1.82) is 0 Å². The smallest absolute Gasteiger partial charge is 0.164 e. The third-order valence-electron chi connectivity index (χ3n) is 4.86. The molecule has 2 aliphatic heterocycles. The van der Waals surface area contributed by atoms with Gasteiger partial charge < -0.3 is 19.1 Å². The Morgan fingerprint density at radius 3 is 2.68 bits per heavy atom. The van der Waals surface area contributed by atoms with Gasteiger partial charge in [0.15, 0.2) is 11.5 Å². The van der Waals surface area contributed by atoms with Gasteiger partial charge in [-0.3, -0.25) is 0 Å². The second-order valence-electron chi connectivity index (χ2n) is 6.17. The summed E-state index contributed by atoms with van der Waals surface area (Å²) < 4.78 is 17.1. The maximum Gasteiger partial charge on any atom is 0.164 e. The number of likely N-dealkylation sites (tertiary alicyclic amines) is 1. The molecule has 0 saturated carbocycles. The first-order valence-corrected chi connectivity index (χ1v) is 8.41. The Morgan fingerprint density at radius 1 is 1.14 bits per heavy atom. The summed E-state index contributed by atoms with van der Waals surface area (Å²) >= 11 is 0. The van der Waals surface area contributed by atoms with Crippen molar-refractivity contribution in [2.75, 3.05) is 40.5 Å².